The summed E-state index contributed by atoms with van der Waals surface area (Å²) < 4.78 is 79.1. The van der Waals surface area contributed by atoms with Crippen molar-refractivity contribution >= 4 is 87.8 Å². The number of nitrogens with one attached hydrogen (secondary N) is 3. The molecule has 0 bridgehead atoms. The van der Waals surface area contributed by atoms with E-state index in [1.807, 2.05) is 56.6 Å². The van der Waals surface area contributed by atoms with Gasteiger partial charge >= 0.3 is 0 Å². The van der Waals surface area contributed by atoms with Crippen molar-refractivity contribution in [2.24, 2.45) is 27.7 Å². The lowest BCUT2D eigenvalue weighted by atomic mass is 9.92. The number of rotatable bonds is 49. The lowest BCUT2D eigenvalue weighted by molar-refractivity contribution is -0.139. The van der Waals surface area contributed by atoms with Gasteiger partial charge in [-0.2, -0.15) is 0 Å². The second-order valence-corrected chi connectivity index (χ2v) is 27.4. The van der Waals surface area contributed by atoms with Crippen LogP contribution in [0.5, 0.6) is 34.5 Å². The molecule has 10 rings (SSSR count). The first-order valence-corrected chi connectivity index (χ1v) is 37.7. The molecule has 6 heterocycles. The number of fused-ring (bicyclic) bond motifs is 5. The van der Waals surface area contributed by atoms with Gasteiger partial charge in [0.2, 0.25) is 36.3 Å². The number of likely N-dealkylation sites (tertiary alicyclic amines) is 1. The molecule has 6 aliphatic rings. The van der Waals surface area contributed by atoms with Crippen molar-refractivity contribution in [3.63, 3.8) is 0 Å². The molecule has 0 spiro atoms. The molecule has 0 aliphatic carbocycles. The normalized spacial score (nSPS) is 17.3. The Bertz CT molecular complexity index is 3960. The summed E-state index contributed by atoms with van der Waals surface area (Å²) in [7, 11) is 3.07. The summed E-state index contributed by atoms with van der Waals surface area (Å²) in [6.45, 7) is 14.2. The van der Waals surface area contributed by atoms with Crippen LogP contribution in [0.3, 0.4) is 0 Å². The molecule has 0 saturated carbocycles. The van der Waals surface area contributed by atoms with Gasteiger partial charge < -0.3 is 92.1 Å². The summed E-state index contributed by atoms with van der Waals surface area (Å²) in [6, 6.07) is 18.5. The number of methoxy groups -OCH3 is 2. The second-order valence-electron chi connectivity index (χ2n) is 27.4. The second kappa shape index (κ2) is 42.5. The van der Waals surface area contributed by atoms with Crippen molar-refractivity contribution in [1.29, 1.82) is 0 Å². The maximum atomic E-state index is 14.2. The Morgan fingerprint density at radius 3 is 1.53 bits per heavy atom. The van der Waals surface area contributed by atoms with E-state index >= 15 is 0 Å². The largest absolute Gasteiger partial charge is 0.493 e. The fourth-order valence-electron chi connectivity index (χ4n) is 12.9. The summed E-state index contributed by atoms with van der Waals surface area (Å²) in [5, 5.41) is 8.46. The standard InChI is InChI=1S/C80H102N8O22/c1-52(2)76(85-74(91)17-22-99-24-26-101-28-30-103-32-34-105-36-37-106-35-33-104-31-29-102-27-25-100-23-18-81-73(90)16-19-86-75(92)39-54(4)78(86)94)66(89)38-53(3)77(93)84-59-13-10-55(11-14-59)57-40-60-47-82-64-45-71(68(97-5)43-62(64)79(95)87(60)49-57)107-20-8-7-9-21-108-72-46-65-63(44-69(72)98-6)80(96)88-50-58(41-61(88)48-83-65)56-12-15-67-70(42-56)110-51-109-67/h10-15,42-50,52-54,60-61,76H,7-9,16-41,51H2,1-6H3,(H,81,90)(H,84,93)(H,85,91)/t53-,54?,60+,61+,76?/m1/s1. The van der Waals surface area contributed by atoms with Gasteiger partial charge in [-0.3, -0.25) is 53.2 Å². The van der Waals surface area contributed by atoms with Crippen LogP contribution in [-0.2, 0) is 66.7 Å². The highest BCUT2D eigenvalue weighted by Gasteiger charge is 2.38. The van der Waals surface area contributed by atoms with Gasteiger partial charge in [-0.25, -0.2) is 0 Å². The topological polar surface area (TPSA) is 336 Å². The Kier molecular flexibility index (Phi) is 32.0. The molecule has 4 aromatic rings. The number of nitrogens with zero attached hydrogens (tertiary/aromatic N) is 5. The fraction of sp³-hybridized carbons (Fsp3) is 0.525. The predicted molar refractivity (Wildman–Crippen MR) is 405 cm³/mol. The average molecular weight is 1530 g/mol. The number of hydrogen-bond donors (Lipinski definition) is 3. The first-order valence-electron chi connectivity index (χ1n) is 37.7. The third-order valence-corrected chi connectivity index (χ3v) is 19.0. The van der Waals surface area contributed by atoms with E-state index in [-0.39, 0.29) is 123 Å². The van der Waals surface area contributed by atoms with Crippen LogP contribution in [0.2, 0.25) is 0 Å². The van der Waals surface area contributed by atoms with Crippen LogP contribution in [0.15, 0.2) is 89.1 Å². The highest BCUT2D eigenvalue weighted by atomic mass is 16.7. The lowest BCUT2D eigenvalue weighted by Gasteiger charge is -2.23. The maximum absolute atomic E-state index is 14.2. The minimum absolute atomic E-state index is 0.0413. The number of ether oxygens (including phenoxy) is 14. The van der Waals surface area contributed by atoms with Crippen molar-refractivity contribution in [3.8, 4) is 34.5 Å². The Balaban J connectivity index is 0.528. The molecule has 1 saturated heterocycles. The highest BCUT2D eigenvalue weighted by molar-refractivity contribution is 6.07. The Hall–Kier alpha value is -9.66. The predicted octanol–water partition coefficient (Wildman–Crippen LogP) is 8.10. The molecule has 6 aliphatic heterocycles. The molecule has 0 radical (unpaired) electrons. The number of carbonyl (C=O) groups excluding carboxylic acids is 8. The van der Waals surface area contributed by atoms with E-state index in [9.17, 15) is 38.4 Å². The molecule has 4 aromatic carbocycles. The zero-order chi connectivity index (χ0) is 77.7. The van der Waals surface area contributed by atoms with Crippen LogP contribution in [0.4, 0.5) is 17.1 Å². The number of Topliss-reactive ketones (excluding diaryl/α,β-unsaturated/α-hetero) is 1. The van der Waals surface area contributed by atoms with Crippen molar-refractivity contribution in [2.75, 3.05) is 158 Å². The smallest absolute Gasteiger partial charge is 0.260 e. The molecule has 5 atom stereocenters. The van der Waals surface area contributed by atoms with Gasteiger partial charge in [0.25, 0.3) is 11.8 Å². The monoisotopic (exact) mass is 1530 g/mol. The SMILES string of the molecule is COc1cc2c(cc1OCCCCCOc1cc3c(cc1OC)C(=O)N1C=C(c4ccc5c(c4)OCO5)C[C@H]1C=N3)N=C[C@@H]1CC(c3ccc(NC(=O)[C@H](C)CC(=O)C(NC(=O)CCOCCOCCOCCOCCOCCOCCOCCOCCNC(=O)CCN4C(=O)CC(C)C4=O)C(C)C)cc3)=CN1C2=O. The summed E-state index contributed by atoms with van der Waals surface area (Å²) in [5.41, 5.74) is 6.03. The van der Waals surface area contributed by atoms with E-state index in [4.69, 9.17) is 76.3 Å². The minimum Gasteiger partial charge on any atom is -0.493 e. The zero-order valence-corrected chi connectivity index (χ0v) is 63.6. The van der Waals surface area contributed by atoms with Crippen LogP contribution in [0, 0.1) is 17.8 Å². The molecule has 7 amide bonds. The molecular formula is C80H102N8O22. The van der Waals surface area contributed by atoms with E-state index < -0.39 is 12.0 Å². The molecule has 1 fully saturated rings. The van der Waals surface area contributed by atoms with Crippen LogP contribution < -0.4 is 44.4 Å². The molecule has 30 nitrogen and oxygen atoms in total. The van der Waals surface area contributed by atoms with Crippen LogP contribution in [0.25, 0.3) is 11.1 Å². The molecule has 2 unspecified atom stereocenters. The fourth-order valence-corrected chi connectivity index (χ4v) is 12.9. The van der Waals surface area contributed by atoms with Gasteiger partial charge in [-0.05, 0) is 83.9 Å². The van der Waals surface area contributed by atoms with Crippen molar-refractivity contribution in [1.82, 2.24) is 25.3 Å². The number of unbranched alkanes of at least 4 members (excludes halogenated alkanes) is 2. The van der Waals surface area contributed by atoms with Gasteiger partial charge in [-0.15, -0.1) is 0 Å². The van der Waals surface area contributed by atoms with Gasteiger partial charge in [0.05, 0.1) is 174 Å². The number of amides is 7. The van der Waals surface area contributed by atoms with Gasteiger partial charge in [0.15, 0.2) is 40.3 Å². The number of hydrogen-bond acceptors (Lipinski definition) is 24. The molecular weight excluding hydrogens is 1420 g/mol. The van der Waals surface area contributed by atoms with Gasteiger partial charge in [0, 0.05) is 106 Å². The zero-order valence-electron chi connectivity index (χ0n) is 63.6. The minimum atomic E-state index is -0.789. The van der Waals surface area contributed by atoms with Gasteiger partial charge in [0.1, 0.15) is 0 Å². The van der Waals surface area contributed by atoms with Crippen molar-refractivity contribution < 1.29 is 105 Å². The first-order chi connectivity index (χ1) is 53.5. The molecule has 30 heteroatoms. The molecule has 594 valence electrons. The van der Waals surface area contributed by atoms with E-state index in [1.165, 1.54) is 7.11 Å². The third-order valence-electron chi connectivity index (χ3n) is 19.0. The summed E-state index contributed by atoms with van der Waals surface area (Å²) in [6.07, 6.45) is 10.8. The van der Waals surface area contributed by atoms with Crippen LogP contribution in [0.1, 0.15) is 117 Å². The van der Waals surface area contributed by atoms with Crippen LogP contribution >= 0.6 is 0 Å². The number of benzene rings is 4. The third kappa shape index (κ3) is 23.7. The number of aliphatic imine (C=N–C) groups is 2. The molecule has 0 aromatic heterocycles. The number of imide groups is 1. The van der Waals surface area contributed by atoms with Crippen LogP contribution in [-0.4, -0.2) is 245 Å². The van der Waals surface area contributed by atoms with E-state index in [1.54, 1.807) is 79.6 Å². The maximum Gasteiger partial charge on any atom is 0.260 e. The lowest BCUT2D eigenvalue weighted by Crippen LogP contribution is -2.45. The average Bonchev–Trinajstić information content (AvgIpc) is 1.62. The Labute approximate surface area is 640 Å². The molecule has 110 heavy (non-hydrogen) atoms. The molecule has 3 N–H and O–H groups in total. The van der Waals surface area contributed by atoms with E-state index in [0.717, 1.165) is 33.6 Å². The number of ketones is 1. The summed E-state index contributed by atoms with van der Waals surface area (Å²) >= 11 is 0. The number of carbonyl (C=O) groups is 8. The summed E-state index contributed by atoms with van der Waals surface area (Å²) in [4.78, 5) is 118. The highest BCUT2D eigenvalue weighted by Crippen LogP contribution is 2.43. The Morgan fingerprint density at radius 1 is 0.536 bits per heavy atom. The van der Waals surface area contributed by atoms with E-state index in [0.29, 0.717) is 201 Å². The Morgan fingerprint density at radius 2 is 1.03 bits per heavy atom. The van der Waals surface area contributed by atoms with E-state index in [2.05, 4.69) is 16.0 Å². The van der Waals surface area contributed by atoms with Crippen molar-refractivity contribution in [3.05, 3.63) is 101 Å². The first kappa shape index (κ1) is 82.8. The number of anilines is 1. The summed E-state index contributed by atoms with van der Waals surface area (Å²) in [5.74, 6) is -0.127. The van der Waals surface area contributed by atoms with Crippen molar-refractivity contribution in [2.45, 2.75) is 104 Å². The quantitative estimate of drug-likeness (QED) is 0.0277. The van der Waals surface area contributed by atoms with Gasteiger partial charge in [-0.1, -0.05) is 45.9 Å².